The number of carboxylic acids is 1. The first-order valence-electron chi connectivity index (χ1n) is 14.2. The van der Waals surface area contributed by atoms with Gasteiger partial charge in [-0.25, -0.2) is 4.79 Å². The number of rotatable bonds is 16. The SMILES string of the molecule is CC(O)C(N)C(=O)NC(Cc1ccccc1)C(=O)NC(CCCN=C(N)N)C(=O)NC(Cc1c[nH]c2ccccc12)C(=O)O. The number of carbonyl (C=O) groups excluding carboxylic acids is 3. The highest BCUT2D eigenvalue weighted by Crippen LogP contribution is 2.19. The first-order valence-corrected chi connectivity index (χ1v) is 14.2. The normalized spacial score (nSPS) is 14.4. The van der Waals surface area contributed by atoms with Gasteiger partial charge in [-0.15, -0.1) is 0 Å². The molecule has 0 spiro atoms. The van der Waals surface area contributed by atoms with Gasteiger partial charge in [-0.2, -0.15) is 0 Å². The molecule has 5 unspecified atom stereocenters. The molecule has 0 aliphatic carbocycles. The minimum absolute atomic E-state index is 0.0102. The van der Waals surface area contributed by atoms with Gasteiger partial charge in [0.15, 0.2) is 5.96 Å². The van der Waals surface area contributed by atoms with Crippen LogP contribution in [0.25, 0.3) is 10.9 Å². The third-order valence-electron chi connectivity index (χ3n) is 7.03. The number of aliphatic imine (C=N–C) groups is 1. The van der Waals surface area contributed by atoms with E-state index >= 15 is 0 Å². The van der Waals surface area contributed by atoms with E-state index < -0.39 is 54.0 Å². The Bertz CT molecular complexity index is 1450. The highest BCUT2D eigenvalue weighted by molar-refractivity contribution is 5.94. The molecule has 0 aliphatic rings. The van der Waals surface area contributed by atoms with Crippen LogP contribution in [0.15, 0.2) is 65.8 Å². The van der Waals surface area contributed by atoms with E-state index in [2.05, 4.69) is 25.9 Å². The van der Waals surface area contributed by atoms with Crippen molar-refractivity contribution in [3.8, 4) is 0 Å². The van der Waals surface area contributed by atoms with E-state index in [1.54, 1.807) is 36.5 Å². The van der Waals surface area contributed by atoms with Crippen LogP contribution in [0.2, 0.25) is 0 Å². The van der Waals surface area contributed by atoms with E-state index in [1.807, 2.05) is 24.3 Å². The second-order valence-corrected chi connectivity index (χ2v) is 10.5. The molecule has 14 heteroatoms. The van der Waals surface area contributed by atoms with Crippen molar-refractivity contribution in [2.75, 3.05) is 6.54 Å². The van der Waals surface area contributed by atoms with Crippen molar-refractivity contribution in [2.24, 2.45) is 22.2 Å². The molecule has 3 aromatic rings. The number of amides is 3. The van der Waals surface area contributed by atoms with Gasteiger partial charge >= 0.3 is 5.97 Å². The molecule has 3 rings (SSSR count). The molecule has 0 saturated heterocycles. The Morgan fingerprint density at radius 2 is 1.48 bits per heavy atom. The molecule has 14 nitrogen and oxygen atoms in total. The second-order valence-electron chi connectivity index (χ2n) is 10.5. The van der Waals surface area contributed by atoms with Crippen LogP contribution in [0.5, 0.6) is 0 Å². The summed E-state index contributed by atoms with van der Waals surface area (Å²) in [5, 5.41) is 28.3. The maximum Gasteiger partial charge on any atom is 0.326 e. The number of nitrogens with two attached hydrogens (primary N) is 3. The van der Waals surface area contributed by atoms with Crippen molar-refractivity contribution in [3.05, 3.63) is 71.9 Å². The molecule has 0 aliphatic heterocycles. The van der Waals surface area contributed by atoms with Crippen molar-refractivity contribution >= 4 is 40.6 Å². The lowest BCUT2D eigenvalue weighted by Crippen LogP contribution is -2.58. The zero-order valence-electron chi connectivity index (χ0n) is 24.4. The number of nitrogens with zero attached hydrogens (tertiary/aromatic N) is 1. The number of aromatic amines is 1. The summed E-state index contributed by atoms with van der Waals surface area (Å²) < 4.78 is 0. The number of aliphatic hydroxyl groups excluding tert-OH is 1. The number of aliphatic carboxylic acids is 1. The van der Waals surface area contributed by atoms with E-state index in [0.29, 0.717) is 5.56 Å². The number of benzene rings is 2. The summed E-state index contributed by atoms with van der Waals surface area (Å²) in [5.41, 5.74) is 18.8. The standard InChI is InChI=1S/C30H40N8O6/c1-17(39)25(31)28(42)37-23(14-18-8-3-2-4-9-18)27(41)36-22(12-7-13-34-30(32)33)26(40)38-24(29(43)44)15-19-16-35-21-11-6-5-10-20(19)21/h2-6,8-11,16-17,22-25,35,39H,7,12-15,31H2,1H3,(H,36,41)(H,37,42)(H,38,40)(H,43,44)(H4,32,33,34). The monoisotopic (exact) mass is 608 g/mol. The molecule has 0 bridgehead atoms. The molecular formula is C30H40N8O6. The number of fused-ring (bicyclic) bond motifs is 1. The summed E-state index contributed by atoms with van der Waals surface area (Å²) >= 11 is 0. The zero-order valence-corrected chi connectivity index (χ0v) is 24.4. The predicted molar refractivity (Wildman–Crippen MR) is 165 cm³/mol. The van der Waals surface area contributed by atoms with Gasteiger partial charge in [-0.1, -0.05) is 48.5 Å². The Kier molecular flexibility index (Phi) is 12.2. The van der Waals surface area contributed by atoms with Crippen LogP contribution in [-0.2, 0) is 32.0 Å². The zero-order chi connectivity index (χ0) is 32.2. The minimum Gasteiger partial charge on any atom is -0.480 e. The van der Waals surface area contributed by atoms with Crippen LogP contribution >= 0.6 is 0 Å². The van der Waals surface area contributed by atoms with Crippen LogP contribution < -0.4 is 33.2 Å². The Balaban J connectivity index is 1.81. The van der Waals surface area contributed by atoms with E-state index in [-0.39, 0.29) is 38.2 Å². The molecule has 1 heterocycles. The lowest BCUT2D eigenvalue weighted by atomic mass is 10.0. The molecule has 0 radical (unpaired) electrons. The highest BCUT2D eigenvalue weighted by atomic mass is 16.4. The van der Waals surface area contributed by atoms with Crippen molar-refractivity contribution in [2.45, 2.75) is 62.9 Å². The minimum atomic E-state index is -1.30. The number of aromatic nitrogens is 1. The first-order chi connectivity index (χ1) is 21.0. The van der Waals surface area contributed by atoms with Gasteiger partial charge in [0.2, 0.25) is 17.7 Å². The smallest absolute Gasteiger partial charge is 0.326 e. The fourth-order valence-corrected chi connectivity index (χ4v) is 4.58. The van der Waals surface area contributed by atoms with Crippen LogP contribution in [-0.4, -0.2) is 81.7 Å². The number of aliphatic hydroxyl groups is 1. The molecule has 12 N–H and O–H groups in total. The fourth-order valence-electron chi connectivity index (χ4n) is 4.58. The number of hydrogen-bond donors (Lipinski definition) is 9. The molecule has 236 valence electrons. The van der Waals surface area contributed by atoms with Gasteiger partial charge in [0.1, 0.15) is 24.2 Å². The maximum atomic E-state index is 13.6. The number of nitrogens with one attached hydrogen (secondary N) is 4. The van der Waals surface area contributed by atoms with Crippen molar-refractivity contribution < 1.29 is 29.4 Å². The predicted octanol–water partition coefficient (Wildman–Crippen LogP) is -0.746. The van der Waals surface area contributed by atoms with Crippen molar-refractivity contribution in [1.82, 2.24) is 20.9 Å². The molecule has 0 saturated carbocycles. The Morgan fingerprint density at radius 3 is 2.14 bits per heavy atom. The molecule has 0 fully saturated rings. The summed E-state index contributed by atoms with van der Waals surface area (Å²) in [6.07, 6.45) is 0.909. The largest absolute Gasteiger partial charge is 0.480 e. The number of carboxylic acid groups (broad SMARTS) is 1. The van der Waals surface area contributed by atoms with Gasteiger partial charge < -0.3 is 48.3 Å². The summed E-state index contributed by atoms with van der Waals surface area (Å²) in [6, 6.07) is 11.3. The van der Waals surface area contributed by atoms with Gasteiger partial charge in [-0.05, 0) is 37.0 Å². The van der Waals surface area contributed by atoms with Crippen LogP contribution in [0.4, 0.5) is 0 Å². The summed E-state index contributed by atoms with van der Waals surface area (Å²) in [6.45, 7) is 1.51. The number of para-hydroxylation sites is 1. The Labute approximate surface area is 254 Å². The average molecular weight is 609 g/mol. The molecule has 2 aromatic carbocycles. The van der Waals surface area contributed by atoms with E-state index in [9.17, 15) is 29.4 Å². The summed E-state index contributed by atoms with van der Waals surface area (Å²) in [5.74, 6) is -3.59. The first kappa shape index (κ1) is 33.6. The summed E-state index contributed by atoms with van der Waals surface area (Å²) in [4.78, 5) is 58.9. The third-order valence-corrected chi connectivity index (χ3v) is 7.03. The molecule has 5 atom stereocenters. The quantitative estimate of drug-likeness (QED) is 0.0563. The van der Waals surface area contributed by atoms with E-state index in [4.69, 9.17) is 17.2 Å². The molecule has 3 amide bonds. The topological polar surface area (TPSA) is 251 Å². The van der Waals surface area contributed by atoms with Crippen LogP contribution in [0, 0.1) is 0 Å². The summed E-state index contributed by atoms with van der Waals surface area (Å²) in [7, 11) is 0. The molecule has 44 heavy (non-hydrogen) atoms. The highest BCUT2D eigenvalue weighted by Gasteiger charge is 2.31. The number of H-pyrrole nitrogens is 1. The maximum absolute atomic E-state index is 13.6. The van der Waals surface area contributed by atoms with Crippen molar-refractivity contribution in [1.29, 1.82) is 0 Å². The van der Waals surface area contributed by atoms with Crippen LogP contribution in [0.1, 0.15) is 30.9 Å². The molecular weight excluding hydrogens is 568 g/mol. The van der Waals surface area contributed by atoms with Gasteiger partial charge in [0.05, 0.1) is 6.10 Å². The van der Waals surface area contributed by atoms with E-state index in [1.165, 1.54) is 6.92 Å². The fraction of sp³-hybridized carbons (Fsp3) is 0.367. The van der Waals surface area contributed by atoms with Crippen LogP contribution in [0.3, 0.4) is 0 Å². The second kappa shape index (κ2) is 16.0. The number of hydrogen-bond acceptors (Lipinski definition) is 7. The number of carbonyl (C=O) groups is 4. The average Bonchev–Trinajstić information content (AvgIpc) is 3.40. The van der Waals surface area contributed by atoms with Gasteiger partial charge in [0, 0.05) is 36.5 Å². The Morgan fingerprint density at radius 1 is 0.864 bits per heavy atom. The van der Waals surface area contributed by atoms with Gasteiger partial charge in [-0.3, -0.25) is 19.4 Å². The Hall–Kier alpha value is -4.95. The molecule has 1 aromatic heterocycles. The van der Waals surface area contributed by atoms with Crippen molar-refractivity contribution in [3.63, 3.8) is 0 Å². The van der Waals surface area contributed by atoms with Gasteiger partial charge in [0.25, 0.3) is 0 Å². The van der Waals surface area contributed by atoms with E-state index in [0.717, 1.165) is 16.5 Å². The lowest BCUT2D eigenvalue weighted by molar-refractivity contribution is -0.142. The number of guanidine groups is 1. The lowest BCUT2D eigenvalue weighted by Gasteiger charge is -2.26. The third kappa shape index (κ3) is 9.81.